The number of rotatable bonds is 5. The lowest BCUT2D eigenvalue weighted by molar-refractivity contribution is -0.0682. The maximum atomic E-state index is 15.3. The topological polar surface area (TPSA) is 102 Å². The fourth-order valence-corrected chi connectivity index (χ4v) is 5.90. The van der Waals surface area contributed by atoms with E-state index in [9.17, 15) is 5.11 Å². The van der Waals surface area contributed by atoms with Crippen LogP contribution in [0.15, 0.2) is 48.9 Å². The quantitative estimate of drug-likeness (QED) is 0.401. The third kappa shape index (κ3) is 4.99. The van der Waals surface area contributed by atoms with Crippen molar-refractivity contribution in [2.45, 2.75) is 44.2 Å². The molecule has 204 valence electrons. The van der Waals surface area contributed by atoms with Crippen LogP contribution in [0.1, 0.15) is 43.1 Å². The highest BCUT2D eigenvalue weighted by atomic mass is 19.1. The van der Waals surface area contributed by atoms with E-state index < -0.39 is 17.2 Å². The summed E-state index contributed by atoms with van der Waals surface area (Å²) in [5.74, 6) is -0.439. The Morgan fingerprint density at radius 1 is 1.10 bits per heavy atom. The molecule has 10 heteroatoms. The van der Waals surface area contributed by atoms with Gasteiger partial charge in [-0.3, -0.25) is 4.98 Å². The van der Waals surface area contributed by atoms with Gasteiger partial charge in [-0.05, 0) is 48.2 Å². The molecule has 1 aromatic carbocycles. The molecule has 0 aliphatic carbocycles. The average Bonchev–Trinajstić information content (AvgIpc) is 3.30. The summed E-state index contributed by atoms with van der Waals surface area (Å²) in [4.78, 5) is 11.2. The van der Waals surface area contributed by atoms with Crippen molar-refractivity contribution in [3.63, 3.8) is 0 Å². The molecule has 0 amide bonds. The molecule has 39 heavy (non-hydrogen) atoms. The van der Waals surface area contributed by atoms with E-state index in [1.165, 1.54) is 12.1 Å². The van der Waals surface area contributed by atoms with Gasteiger partial charge < -0.3 is 20.5 Å². The second kappa shape index (κ2) is 10.3. The van der Waals surface area contributed by atoms with Gasteiger partial charge in [-0.1, -0.05) is 6.92 Å². The molecule has 0 radical (unpaired) electrons. The normalized spacial score (nSPS) is 21.4. The molecule has 0 saturated carbocycles. The number of aliphatic hydroxyl groups is 1. The van der Waals surface area contributed by atoms with Crippen molar-refractivity contribution >= 4 is 11.2 Å². The Labute approximate surface area is 225 Å². The summed E-state index contributed by atoms with van der Waals surface area (Å²) in [7, 11) is 0. The molecule has 8 nitrogen and oxygen atoms in total. The zero-order valence-electron chi connectivity index (χ0n) is 21.9. The first-order chi connectivity index (χ1) is 18.8. The molecule has 2 saturated heterocycles. The molecular weight excluding hydrogens is 502 g/mol. The van der Waals surface area contributed by atoms with Crippen LogP contribution < -0.4 is 10.6 Å². The van der Waals surface area contributed by atoms with Gasteiger partial charge in [0.15, 0.2) is 0 Å². The van der Waals surface area contributed by atoms with Gasteiger partial charge in [0, 0.05) is 75.3 Å². The van der Waals surface area contributed by atoms with Crippen LogP contribution in [0.4, 0.5) is 14.5 Å². The molecule has 2 fully saturated rings. The minimum absolute atomic E-state index is 0.106. The van der Waals surface area contributed by atoms with E-state index in [1.807, 2.05) is 12.3 Å². The second-order valence-electron chi connectivity index (χ2n) is 10.9. The average molecular weight is 535 g/mol. The summed E-state index contributed by atoms with van der Waals surface area (Å²) in [6, 6.07) is 7.83. The van der Waals surface area contributed by atoms with Crippen LogP contribution in [0.3, 0.4) is 0 Å². The molecule has 6 rings (SSSR count). The number of pyridine rings is 1. The van der Waals surface area contributed by atoms with Crippen molar-refractivity contribution in [1.29, 1.82) is 0 Å². The minimum Gasteiger partial charge on any atom is -0.385 e. The van der Waals surface area contributed by atoms with Crippen LogP contribution in [0.5, 0.6) is 0 Å². The smallest absolute Gasteiger partial charge is 0.136 e. The van der Waals surface area contributed by atoms with Crippen molar-refractivity contribution < 1.29 is 18.6 Å². The summed E-state index contributed by atoms with van der Waals surface area (Å²) in [6.07, 6.45) is 7.29. The van der Waals surface area contributed by atoms with Gasteiger partial charge in [0.05, 0.1) is 28.6 Å². The summed E-state index contributed by atoms with van der Waals surface area (Å²) in [5.41, 5.74) is 7.84. The lowest BCUT2D eigenvalue weighted by Gasteiger charge is -2.37. The van der Waals surface area contributed by atoms with Crippen LogP contribution in [0.25, 0.3) is 16.8 Å². The molecule has 5 heterocycles. The zero-order valence-corrected chi connectivity index (χ0v) is 21.9. The van der Waals surface area contributed by atoms with Gasteiger partial charge in [-0.25, -0.2) is 18.3 Å². The maximum absolute atomic E-state index is 15.3. The first-order valence-electron chi connectivity index (χ1n) is 13.4. The number of hydrogen-bond donors (Lipinski definition) is 2. The Kier molecular flexibility index (Phi) is 6.78. The molecule has 2 aliphatic rings. The minimum atomic E-state index is -1.31. The van der Waals surface area contributed by atoms with Gasteiger partial charge in [0.25, 0.3) is 0 Å². The number of hydrogen-bond acceptors (Lipinski definition) is 7. The van der Waals surface area contributed by atoms with Gasteiger partial charge in [0.2, 0.25) is 0 Å². The predicted octanol–water partition coefficient (Wildman–Crippen LogP) is 3.83. The van der Waals surface area contributed by atoms with E-state index in [4.69, 9.17) is 10.5 Å². The molecule has 3 N–H and O–H groups in total. The Hall–Kier alpha value is -3.47. The van der Waals surface area contributed by atoms with Crippen molar-refractivity contribution in [1.82, 2.24) is 19.6 Å². The highest BCUT2D eigenvalue weighted by Gasteiger charge is 2.33. The van der Waals surface area contributed by atoms with Gasteiger partial charge in [0.1, 0.15) is 17.5 Å². The van der Waals surface area contributed by atoms with Gasteiger partial charge >= 0.3 is 0 Å². The standard InChI is InChI=1S/C29H32F2N6O2/c1-18-10-21(32)17-36(16-18)26-4-7-33-14-19(26)11-27-34-15-22-2-3-25(35-37(22)27)28-23(30)12-20(13-24(28)31)29(38)5-8-39-9-6-29/h2-4,7,12-15,18,21,38H,5-6,8-11,16-17,32H2,1H3/t18-,21+/m1/s1. The van der Waals surface area contributed by atoms with Crippen molar-refractivity contribution in [3.05, 3.63) is 77.5 Å². The number of benzene rings is 1. The monoisotopic (exact) mass is 534 g/mol. The lowest BCUT2D eigenvalue weighted by atomic mass is 9.85. The number of halogens is 2. The molecular formula is C29H32F2N6O2. The third-order valence-corrected chi connectivity index (χ3v) is 7.87. The van der Waals surface area contributed by atoms with Gasteiger partial charge in [-0.15, -0.1) is 0 Å². The first kappa shape index (κ1) is 25.8. The number of aromatic nitrogens is 4. The number of fused-ring (bicyclic) bond motifs is 1. The Morgan fingerprint density at radius 3 is 2.62 bits per heavy atom. The van der Waals surface area contributed by atoms with Crippen LogP contribution in [-0.4, -0.2) is 57.0 Å². The maximum Gasteiger partial charge on any atom is 0.136 e. The molecule has 0 spiro atoms. The van der Waals surface area contributed by atoms with Crippen LogP contribution >= 0.6 is 0 Å². The SMILES string of the molecule is C[C@@H]1C[C@H](N)CN(c2ccncc2Cc2ncc3ccc(-c4c(F)cc(C5(O)CCOCC5)cc4F)nn23)C1. The van der Waals surface area contributed by atoms with E-state index in [1.54, 1.807) is 29.0 Å². The summed E-state index contributed by atoms with van der Waals surface area (Å²) in [5, 5.41) is 15.5. The number of ether oxygens (including phenoxy) is 1. The van der Waals surface area contributed by atoms with Crippen molar-refractivity contribution in [3.8, 4) is 11.3 Å². The van der Waals surface area contributed by atoms with Crippen LogP contribution in [-0.2, 0) is 16.8 Å². The van der Waals surface area contributed by atoms with E-state index in [2.05, 4.69) is 26.9 Å². The summed E-state index contributed by atoms with van der Waals surface area (Å²) >= 11 is 0. The second-order valence-corrected chi connectivity index (χ2v) is 10.9. The molecule has 3 aromatic heterocycles. The lowest BCUT2D eigenvalue weighted by Crippen LogP contribution is -2.46. The van der Waals surface area contributed by atoms with E-state index in [0.29, 0.717) is 36.9 Å². The van der Waals surface area contributed by atoms with Crippen LogP contribution in [0, 0.1) is 17.6 Å². The highest BCUT2D eigenvalue weighted by molar-refractivity contribution is 5.64. The fourth-order valence-electron chi connectivity index (χ4n) is 5.90. The molecule has 0 unspecified atom stereocenters. The number of nitrogens with two attached hydrogens (primary N) is 1. The van der Waals surface area contributed by atoms with E-state index in [-0.39, 0.29) is 35.7 Å². The third-order valence-electron chi connectivity index (χ3n) is 7.87. The summed E-state index contributed by atoms with van der Waals surface area (Å²) < 4.78 is 37.6. The largest absolute Gasteiger partial charge is 0.385 e. The number of piperidine rings is 1. The molecule has 2 aliphatic heterocycles. The van der Waals surface area contributed by atoms with Crippen molar-refractivity contribution in [2.75, 3.05) is 31.2 Å². The molecule has 2 atom stereocenters. The van der Waals surface area contributed by atoms with Gasteiger partial charge in [-0.2, -0.15) is 5.10 Å². The van der Waals surface area contributed by atoms with Crippen LogP contribution in [0.2, 0.25) is 0 Å². The molecule has 4 aromatic rings. The van der Waals surface area contributed by atoms with E-state index >= 15 is 8.78 Å². The molecule has 0 bridgehead atoms. The Morgan fingerprint density at radius 2 is 1.87 bits per heavy atom. The predicted molar refractivity (Wildman–Crippen MR) is 143 cm³/mol. The Bertz CT molecular complexity index is 1470. The number of anilines is 1. The fraction of sp³-hybridized carbons (Fsp3) is 0.414. The van der Waals surface area contributed by atoms with E-state index in [0.717, 1.165) is 30.8 Å². The first-order valence-corrected chi connectivity index (χ1v) is 13.4. The highest BCUT2D eigenvalue weighted by Crippen LogP contribution is 2.36. The van der Waals surface area contributed by atoms with Crippen molar-refractivity contribution in [2.24, 2.45) is 11.7 Å². The number of nitrogens with zero attached hydrogens (tertiary/aromatic N) is 5. The summed E-state index contributed by atoms with van der Waals surface area (Å²) in [6.45, 7) is 4.56. The number of imidazole rings is 1. The zero-order chi connectivity index (χ0) is 27.1. The Balaban J connectivity index is 1.33.